The van der Waals surface area contributed by atoms with Crippen molar-refractivity contribution in [3.8, 4) is 0 Å². The third-order valence-electron chi connectivity index (χ3n) is 4.05. The first-order valence-corrected chi connectivity index (χ1v) is 6.61. The van der Waals surface area contributed by atoms with Gasteiger partial charge in [0.25, 0.3) is 0 Å². The fourth-order valence-corrected chi connectivity index (χ4v) is 2.92. The van der Waals surface area contributed by atoms with E-state index < -0.39 is 5.54 Å². The summed E-state index contributed by atoms with van der Waals surface area (Å²) in [5.41, 5.74) is 7.02. The summed E-state index contributed by atoms with van der Waals surface area (Å²) in [6, 6.07) is 10.2. The zero-order valence-corrected chi connectivity index (χ0v) is 11.4. The van der Waals surface area contributed by atoms with Crippen molar-refractivity contribution in [1.29, 1.82) is 0 Å². The molecule has 1 fully saturated rings. The van der Waals surface area contributed by atoms with Crippen molar-refractivity contribution in [2.75, 3.05) is 6.54 Å². The van der Waals surface area contributed by atoms with Crippen molar-refractivity contribution in [3.63, 3.8) is 0 Å². The molecule has 2 rings (SSSR count). The Morgan fingerprint density at radius 3 is 2.56 bits per heavy atom. The largest absolute Gasteiger partial charge is 0.334 e. The number of benzene rings is 1. The first-order valence-electron chi connectivity index (χ1n) is 6.61. The Balaban J connectivity index is 2.23. The van der Waals surface area contributed by atoms with Gasteiger partial charge in [-0.15, -0.1) is 0 Å². The zero-order chi connectivity index (χ0) is 13.3. The molecule has 3 nitrogen and oxygen atoms in total. The van der Waals surface area contributed by atoms with E-state index in [-0.39, 0.29) is 17.9 Å². The molecule has 0 aromatic heterocycles. The predicted molar refractivity (Wildman–Crippen MR) is 72.9 cm³/mol. The molecule has 1 aliphatic rings. The number of likely N-dealkylation sites (tertiary alicyclic amines) is 1. The molecule has 1 aromatic carbocycles. The van der Waals surface area contributed by atoms with Gasteiger partial charge in [0.15, 0.2) is 0 Å². The maximum absolute atomic E-state index is 12.4. The van der Waals surface area contributed by atoms with Crippen LogP contribution in [-0.4, -0.2) is 22.9 Å². The lowest BCUT2D eigenvalue weighted by atomic mass is 9.88. The van der Waals surface area contributed by atoms with Gasteiger partial charge in [0.05, 0.1) is 12.0 Å². The summed E-state index contributed by atoms with van der Waals surface area (Å²) in [5, 5.41) is 0. The van der Waals surface area contributed by atoms with Crippen molar-refractivity contribution in [3.05, 3.63) is 35.9 Å². The standard InChI is InChI=1S/C15H22N2O/c1-4-13-14(18)17(10-15(13,3)16)11(2)12-8-6-5-7-9-12/h5-9,11,13H,4,10,16H2,1-3H3/t11-,13-,15+/m1/s1. The molecule has 18 heavy (non-hydrogen) atoms. The fraction of sp³-hybridized carbons (Fsp3) is 0.533. The van der Waals surface area contributed by atoms with Crippen LogP contribution in [0.2, 0.25) is 0 Å². The third kappa shape index (κ3) is 2.15. The highest BCUT2D eigenvalue weighted by atomic mass is 16.2. The van der Waals surface area contributed by atoms with Gasteiger partial charge in [-0.25, -0.2) is 0 Å². The van der Waals surface area contributed by atoms with Crippen LogP contribution in [0.15, 0.2) is 30.3 Å². The highest BCUT2D eigenvalue weighted by molar-refractivity contribution is 5.83. The number of amides is 1. The fourth-order valence-electron chi connectivity index (χ4n) is 2.92. The Kier molecular flexibility index (Phi) is 3.44. The molecule has 1 aromatic rings. The number of nitrogens with two attached hydrogens (primary N) is 1. The van der Waals surface area contributed by atoms with Crippen LogP contribution in [0.1, 0.15) is 38.8 Å². The molecule has 0 radical (unpaired) electrons. The van der Waals surface area contributed by atoms with Gasteiger partial charge in [-0.05, 0) is 25.8 Å². The van der Waals surface area contributed by atoms with Crippen molar-refractivity contribution < 1.29 is 4.79 Å². The van der Waals surface area contributed by atoms with Gasteiger partial charge >= 0.3 is 0 Å². The van der Waals surface area contributed by atoms with Crippen LogP contribution in [0.4, 0.5) is 0 Å². The number of hydrogen-bond acceptors (Lipinski definition) is 2. The van der Waals surface area contributed by atoms with Crippen molar-refractivity contribution in [1.82, 2.24) is 4.90 Å². The van der Waals surface area contributed by atoms with Gasteiger partial charge in [0.1, 0.15) is 0 Å². The summed E-state index contributed by atoms with van der Waals surface area (Å²) in [6.45, 7) is 6.73. The maximum atomic E-state index is 12.4. The van der Waals surface area contributed by atoms with Crippen molar-refractivity contribution in [2.24, 2.45) is 11.7 Å². The van der Waals surface area contributed by atoms with E-state index >= 15 is 0 Å². The van der Waals surface area contributed by atoms with Gasteiger partial charge in [-0.1, -0.05) is 37.3 Å². The maximum Gasteiger partial charge on any atom is 0.228 e. The lowest BCUT2D eigenvalue weighted by Crippen LogP contribution is -2.44. The minimum absolute atomic E-state index is 0.0522. The van der Waals surface area contributed by atoms with E-state index in [1.165, 1.54) is 5.56 Å². The number of hydrogen-bond donors (Lipinski definition) is 1. The minimum Gasteiger partial charge on any atom is -0.334 e. The Morgan fingerprint density at radius 1 is 1.44 bits per heavy atom. The summed E-state index contributed by atoms with van der Waals surface area (Å²) in [5.74, 6) is 0.141. The van der Waals surface area contributed by atoms with Gasteiger partial charge in [-0.2, -0.15) is 0 Å². The smallest absolute Gasteiger partial charge is 0.228 e. The molecule has 3 atom stereocenters. The lowest BCUT2D eigenvalue weighted by molar-refractivity contribution is -0.133. The summed E-state index contributed by atoms with van der Waals surface area (Å²) in [4.78, 5) is 14.3. The predicted octanol–water partition coefficient (Wildman–Crippen LogP) is 2.33. The van der Waals surface area contributed by atoms with Crippen LogP contribution < -0.4 is 5.73 Å². The van der Waals surface area contributed by atoms with Crippen molar-refractivity contribution in [2.45, 2.75) is 38.8 Å². The van der Waals surface area contributed by atoms with Gasteiger partial charge < -0.3 is 10.6 Å². The monoisotopic (exact) mass is 246 g/mol. The van der Waals surface area contributed by atoms with E-state index in [1.54, 1.807) is 0 Å². The van der Waals surface area contributed by atoms with Crippen LogP contribution in [-0.2, 0) is 4.79 Å². The Labute approximate surface area is 109 Å². The second-order valence-electron chi connectivity index (χ2n) is 5.52. The van der Waals surface area contributed by atoms with E-state index in [0.717, 1.165) is 6.42 Å². The highest BCUT2D eigenvalue weighted by Gasteiger charge is 2.46. The average molecular weight is 246 g/mol. The normalized spacial score (nSPS) is 29.7. The molecule has 1 aliphatic heterocycles. The molecule has 3 heteroatoms. The van der Waals surface area contributed by atoms with Crippen LogP contribution in [0.25, 0.3) is 0 Å². The minimum atomic E-state index is -0.408. The molecular weight excluding hydrogens is 224 g/mol. The van der Waals surface area contributed by atoms with Crippen LogP contribution in [0.3, 0.4) is 0 Å². The average Bonchev–Trinajstić information content (AvgIpc) is 2.59. The zero-order valence-electron chi connectivity index (χ0n) is 11.4. The molecule has 98 valence electrons. The molecule has 1 amide bonds. The van der Waals surface area contributed by atoms with E-state index in [2.05, 4.69) is 19.1 Å². The van der Waals surface area contributed by atoms with Crippen LogP contribution in [0, 0.1) is 5.92 Å². The molecule has 1 saturated heterocycles. The van der Waals surface area contributed by atoms with Gasteiger partial charge in [0.2, 0.25) is 5.91 Å². The highest BCUT2D eigenvalue weighted by Crippen LogP contribution is 2.34. The summed E-state index contributed by atoms with van der Waals surface area (Å²) >= 11 is 0. The Bertz CT molecular complexity index is 427. The quantitative estimate of drug-likeness (QED) is 0.889. The molecule has 0 bridgehead atoms. The lowest BCUT2D eigenvalue weighted by Gasteiger charge is -2.26. The SMILES string of the molecule is CC[C@@H]1C(=O)N([C@H](C)c2ccccc2)C[C@]1(C)N. The van der Waals surface area contributed by atoms with E-state index in [9.17, 15) is 4.79 Å². The Morgan fingerprint density at radius 2 is 2.06 bits per heavy atom. The molecular formula is C15H22N2O. The first kappa shape index (κ1) is 13.1. The summed E-state index contributed by atoms with van der Waals surface area (Å²) in [6.07, 6.45) is 0.809. The third-order valence-corrected chi connectivity index (χ3v) is 4.05. The van der Waals surface area contributed by atoms with Crippen LogP contribution >= 0.6 is 0 Å². The molecule has 0 unspecified atom stereocenters. The van der Waals surface area contributed by atoms with E-state index in [1.807, 2.05) is 36.9 Å². The number of carbonyl (C=O) groups is 1. The van der Waals surface area contributed by atoms with E-state index in [0.29, 0.717) is 6.54 Å². The van der Waals surface area contributed by atoms with E-state index in [4.69, 9.17) is 5.73 Å². The number of carbonyl (C=O) groups excluding carboxylic acids is 1. The second kappa shape index (κ2) is 4.73. The topological polar surface area (TPSA) is 46.3 Å². The number of rotatable bonds is 3. The Hall–Kier alpha value is -1.35. The van der Waals surface area contributed by atoms with Gasteiger partial charge in [0, 0.05) is 12.1 Å². The molecule has 0 saturated carbocycles. The molecule has 2 N–H and O–H groups in total. The van der Waals surface area contributed by atoms with Crippen molar-refractivity contribution >= 4 is 5.91 Å². The van der Waals surface area contributed by atoms with Crippen LogP contribution in [0.5, 0.6) is 0 Å². The van der Waals surface area contributed by atoms with Gasteiger partial charge in [-0.3, -0.25) is 4.79 Å². The second-order valence-corrected chi connectivity index (χ2v) is 5.52. The summed E-state index contributed by atoms with van der Waals surface area (Å²) in [7, 11) is 0. The first-order chi connectivity index (χ1) is 8.47. The molecule has 1 heterocycles. The number of nitrogens with zero attached hydrogens (tertiary/aromatic N) is 1. The molecule has 0 aliphatic carbocycles. The molecule has 0 spiro atoms. The summed E-state index contributed by atoms with van der Waals surface area (Å²) < 4.78 is 0.